The van der Waals surface area contributed by atoms with Crippen LogP contribution < -0.4 is 0 Å². The van der Waals surface area contributed by atoms with Crippen molar-refractivity contribution in [2.24, 2.45) is 40.4 Å². The molecular weight excluding hydrogens is 388 g/mol. The molecule has 0 bridgehead atoms. The van der Waals surface area contributed by atoms with Crippen LogP contribution in [0.15, 0.2) is 11.6 Å². The summed E-state index contributed by atoms with van der Waals surface area (Å²) in [5.41, 5.74) is 1.83. The summed E-state index contributed by atoms with van der Waals surface area (Å²) in [6.07, 6.45) is 10.8. The molecule has 4 heteroatoms. The smallest absolute Gasteiger partial charge is 0.306 e. The van der Waals surface area contributed by atoms with Crippen LogP contribution in [0.2, 0.25) is 0 Å². The van der Waals surface area contributed by atoms with Crippen LogP contribution in [0.3, 0.4) is 0 Å². The number of ketones is 1. The molecule has 0 spiro atoms. The van der Waals surface area contributed by atoms with Gasteiger partial charge in [-0.2, -0.15) is 0 Å². The molecule has 3 saturated carbocycles. The van der Waals surface area contributed by atoms with Crippen molar-refractivity contribution in [3.63, 3.8) is 0 Å². The molecule has 0 amide bonds. The van der Waals surface area contributed by atoms with Gasteiger partial charge in [-0.1, -0.05) is 20.8 Å². The summed E-state index contributed by atoms with van der Waals surface area (Å²) in [6, 6.07) is 0. The van der Waals surface area contributed by atoms with Crippen molar-refractivity contribution < 1.29 is 19.1 Å². The van der Waals surface area contributed by atoms with Gasteiger partial charge < -0.3 is 9.47 Å². The maximum absolute atomic E-state index is 12.1. The van der Waals surface area contributed by atoms with Gasteiger partial charge in [-0.25, -0.2) is 0 Å². The van der Waals surface area contributed by atoms with Crippen molar-refractivity contribution in [2.75, 3.05) is 0 Å². The Morgan fingerprint density at radius 2 is 1.94 bits per heavy atom. The number of rotatable bonds is 5. The second-order valence-electron chi connectivity index (χ2n) is 12.1. The molecule has 4 nitrogen and oxygen atoms in total. The van der Waals surface area contributed by atoms with Crippen molar-refractivity contribution >= 4 is 11.8 Å². The summed E-state index contributed by atoms with van der Waals surface area (Å²) in [4.78, 5) is 24.2. The summed E-state index contributed by atoms with van der Waals surface area (Å²) >= 11 is 0. The van der Waals surface area contributed by atoms with E-state index in [9.17, 15) is 9.59 Å². The monoisotopic (exact) mass is 428 g/mol. The van der Waals surface area contributed by atoms with Crippen molar-refractivity contribution in [1.82, 2.24) is 0 Å². The predicted octanol–water partition coefficient (Wildman–Crippen LogP) is 5.49. The molecular formula is C27H40O4. The number of hydrogen-bond acceptors (Lipinski definition) is 4. The summed E-state index contributed by atoms with van der Waals surface area (Å²) < 4.78 is 11.7. The molecule has 31 heavy (non-hydrogen) atoms. The third-order valence-corrected chi connectivity index (χ3v) is 10.2. The first-order valence-electron chi connectivity index (χ1n) is 12.7. The van der Waals surface area contributed by atoms with E-state index in [0.29, 0.717) is 59.7 Å². The number of carbonyl (C=O) groups excluding carboxylic acids is 2. The molecule has 4 aliphatic carbocycles. The van der Waals surface area contributed by atoms with Crippen LogP contribution in [0.1, 0.15) is 86.0 Å². The van der Waals surface area contributed by atoms with Gasteiger partial charge in [0.1, 0.15) is 6.10 Å². The van der Waals surface area contributed by atoms with Crippen LogP contribution in [-0.4, -0.2) is 30.1 Å². The molecule has 172 valence electrons. The minimum atomic E-state index is -0.0501. The van der Waals surface area contributed by atoms with Gasteiger partial charge in [-0.05, 0) is 104 Å². The first-order valence-corrected chi connectivity index (χ1v) is 12.7. The molecule has 5 aliphatic rings. The molecule has 0 aromatic heterocycles. The molecule has 0 radical (unpaired) electrons. The van der Waals surface area contributed by atoms with Crippen molar-refractivity contribution in [3.8, 4) is 0 Å². The third-order valence-electron chi connectivity index (χ3n) is 10.2. The standard InChI is InChI=1S/C27H40O4/c1-15(2)30-22(29)9-6-16(3)18-7-8-19-23-20(11-13-26(18,19)4)27(5)12-10-17(28)14-21(27)24-25(23)31-24/h14-16,18-20,23-25H,6-13H2,1-5H3. The Hall–Kier alpha value is -1.16. The average Bonchev–Trinajstić information content (AvgIpc) is 3.41. The van der Waals surface area contributed by atoms with E-state index in [-0.39, 0.29) is 23.6 Å². The highest BCUT2D eigenvalue weighted by Crippen LogP contribution is 2.70. The summed E-state index contributed by atoms with van der Waals surface area (Å²) in [5, 5.41) is 0. The number of ether oxygens (including phenoxy) is 2. The van der Waals surface area contributed by atoms with E-state index >= 15 is 0 Å². The van der Waals surface area contributed by atoms with Crippen LogP contribution in [-0.2, 0) is 19.1 Å². The first-order chi connectivity index (χ1) is 14.6. The van der Waals surface area contributed by atoms with Gasteiger partial charge in [0.15, 0.2) is 5.78 Å². The maximum Gasteiger partial charge on any atom is 0.306 e. The molecule has 0 N–H and O–H groups in total. The molecule has 9 atom stereocenters. The minimum absolute atomic E-state index is 0.0281. The fraction of sp³-hybridized carbons (Fsp3) is 0.852. The second kappa shape index (κ2) is 7.43. The molecule has 9 unspecified atom stereocenters. The SMILES string of the molecule is CC(C)OC(=O)CCC(C)C1CCC2C3C4OC4C4=CC(=O)CCC4(C)C3CCC12C. The fourth-order valence-electron chi connectivity index (χ4n) is 8.65. The number of esters is 1. The Morgan fingerprint density at radius 1 is 1.16 bits per heavy atom. The lowest BCUT2D eigenvalue weighted by molar-refractivity contribution is -0.148. The van der Waals surface area contributed by atoms with Gasteiger partial charge in [0, 0.05) is 12.8 Å². The van der Waals surface area contributed by atoms with E-state index in [0.717, 1.165) is 12.8 Å². The lowest BCUT2D eigenvalue weighted by Crippen LogP contribution is -2.53. The van der Waals surface area contributed by atoms with Crippen LogP contribution >= 0.6 is 0 Å². The Labute approximate surface area is 187 Å². The second-order valence-corrected chi connectivity index (χ2v) is 12.1. The largest absolute Gasteiger partial charge is 0.463 e. The number of epoxide rings is 1. The zero-order valence-corrected chi connectivity index (χ0v) is 20.0. The highest BCUT2D eigenvalue weighted by Gasteiger charge is 2.69. The van der Waals surface area contributed by atoms with Crippen LogP contribution in [0.5, 0.6) is 0 Å². The number of hydrogen-bond donors (Lipinski definition) is 0. The Balaban J connectivity index is 1.33. The molecule has 0 aromatic rings. The normalized spacial score (nSPS) is 46.4. The van der Waals surface area contributed by atoms with E-state index in [1.165, 1.54) is 31.3 Å². The van der Waals surface area contributed by atoms with E-state index in [1.807, 2.05) is 19.9 Å². The lowest BCUT2D eigenvalue weighted by Gasteiger charge is -2.57. The quantitative estimate of drug-likeness (QED) is 0.429. The first kappa shape index (κ1) is 21.7. The van der Waals surface area contributed by atoms with Crippen molar-refractivity contribution in [3.05, 3.63) is 11.6 Å². The van der Waals surface area contributed by atoms with Gasteiger partial charge >= 0.3 is 5.97 Å². The lowest BCUT2D eigenvalue weighted by atomic mass is 9.46. The van der Waals surface area contributed by atoms with Gasteiger partial charge in [-0.15, -0.1) is 0 Å². The molecule has 0 aromatic carbocycles. The van der Waals surface area contributed by atoms with Gasteiger partial charge in [0.25, 0.3) is 0 Å². The Morgan fingerprint density at radius 3 is 2.68 bits per heavy atom. The zero-order chi connectivity index (χ0) is 22.1. The van der Waals surface area contributed by atoms with E-state index in [2.05, 4.69) is 20.8 Å². The van der Waals surface area contributed by atoms with E-state index in [1.54, 1.807) is 0 Å². The third kappa shape index (κ3) is 3.34. The van der Waals surface area contributed by atoms with Crippen molar-refractivity contribution in [1.29, 1.82) is 0 Å². The van der Waals surface area contributed by atoms with Gasteiger partial charge in [0.05, 0.1) is 12.2 Å². The van der Waals surface area contributed by atoms with Crippen LogP contribution in [0.4, 0.5) is 0 Å². The fourth-order valence-corrected chi connectivity index (χ4v) is 8.65. The van der Waals surface area contributed by atoms with E-state index in [4.69, 9.17) is 9.47 Å². The van der Waals surface area contributed by atoms with Gasteiger partial charge in [0.2, 0.25) is 0 Å². The van der Waals surface area contributed by atoms with Crippen LogP contribution in [0.25, 0.3) is 0 Å². The summed E-state index contributed by atoms with van der Waals surface area (Å²) in [5.74, 6) is 3.49. The predicted molar refractivity (Wildman–Crippen MR) is 119 cm³/mol. The van der Waals surface area contributed by atoms with Crippen molar-refractivity contribution in [2.45, 2.75) is 104 Å². The summed E-state index contributed by atoms with van der Waals surface area (Å²) in [6.45, 7) is 11.2. The maximum atomic E-state index is 12.1. The molecule has 5 rings (SSSR count). The molecule has 1 heterocycles. The van der Waals surface area contributed by atoms with E-state index < -0.39 is 0 Å². The number of carbonyl (C=O) groups is 2. The highest BCUT2D eigenvalue weighted by atomic mass is 16.6. The van der Waals surface area contributed by atoms with Gasteiger partial charge in [-0.3, -0.25) is 9.59 Å². The minimum Gasteiger partial charge on any atom is -0.463 e. The topological polar surface area (TPSA) is 55.9 Å². The molecule has 1 saturated heterocycles. The highest BCUT2D eigenvalue weighted by molar-refractivity contribution is 5.92. The zero-order valence-electron chi connectivity index (χ0n) is 20.0. The average molecular weight is 429 g/mol. The summed E-state index contributed by atoms with van der Waals surface area (Å²) in [7, 11) is 0. The molecule has 1 aliphatic heterocycles. The molecule has 4 fully saturated rings. The van der Waals surface area contributed by atoms with Crippen LogP contribution in [0, 0.1) is 40.4 Å². The number of fused-ring (bicyclic) bond motifs is 8. The Kier molecular flexibility index (Phi) is 5.20. The Bertz CT molecular complexity index is 799.